The quantitative estimate of drug-likeness (QED) is 0.401. The van der Waals surface area contributed by atoms with Crippen molar-refractivity contribution >= 4 is 28.4 Å². The van der Waals surface area contributed by atoms with E-state index in [1.807, 2.05) is 6.07 Å². The Bertz CT molecular complexity index is 1550. The summed E-state index contributed by atoms with van der Waals surface area (Å²) in [4.78, 5) is 28.8. The van der Waals surface area contributed by atoms with Crippen LogP contribution in [-0.4, -0.2) is 26.6 Å². The number of nitrogens with one attached hydrogen (secondary N) is 1. The minimum atomic E-state index is -4.91. The van der Waals surface area contributed by atoms with Crippen molar-refractivity contribution in [2.45, 2.75) is 19.6 Å². The summed E-state index contributed by atoms with van der Waals surface area (Å²) in [5.74, 6) is -2.73. The van der Waals surface area contributed by atoms with Gasteiger partial charge in [-0.3, -0.25) is 14.3 Å². The molecule has 0 bridgehead atoms. The number of primary amides is 1. The van der Waals surface area contributed by atoms with Crippen molar-refractivity contribution in [1.82, 2.24) is 14.8 Å². The molecule has 182 valence electrons. The minimum absolute atomic E-state index is 0.000276. The Kier molecular flexibility index (Phi) is 6.15. The average molecular weight is 496 g/mol. The molecular weight excluding hydrogens is 480 g/mol. The topological polar surface area (TPSA) is 127 Å². The Morgan fingerprint density at radius 3 is 2.44 bits per heavy atom. The molecule has 0 spiro atoms. The van der Waals surface area contributed by atoms with E-state index in [9.17, 15) is 27.2 Å². The molecule has 0 aliphatic carbocycles. The van der Waals surface area contributed by atoms with E-state index < -0.39 is 35.2 Å². The first-order valence-corrected chi connectivity index (χ1v) is 10.3. The lowest BCUT2D eigenvalue weighted by molar-refractivity contribution is -0.140. The van der Waals surface area contributed by atoms with E-state index in [0.29, 0.717) is 11.1 Å². The van der Waals surface area contributed by atoms with Crippen LogP contribution >= 0.6 is 0 Å². The third-order valence-electron chi connectivity index (χ3n) is 5.40. The van der Waals surface area contributed by atoms with Crippen LogP contribution in [0, 0.1) is 24.1 Å². The number of hydrogen-bond donors (Lipinski definition) is 2. The fraction of sp³-hybridized carbons (Fsp3) is 0.125. The number of anilines is 1. The van der Waals surface area contributed by atoms with Crippen molar-refractivity contribution in [1.29, 1.82) is 5.26 Å². The molecule has 4 rings (SSSR count). The standard InChI is InChI=1S/C24H16F4N6O2/c1-12-20(21(24(26,27)28)33-34(12)11-14-4-2-13(10-29)3-5-14)32-23(36)17-9-19(22(30)35)31-18-7-6-15(25)8-16(17)18/h2-9H,11H2,1H3,(H2,30,35)(H,32,36). The predicted molar refractivity (Wildman–Crippen MR) is 120 cm³/mol. The molecule has 2 heterocycles. The number of pyridine rings is 1. The molecule has 2 aromatic heterocycles. The fourth-order valence-corrected chi connectivity index (χ4v) is 3.60. The highest BCUT2D eigenvalue weighted by Gasteiger charge is 2.39. The fourth-order valence-electron chi connectivity index (χ4n) is 3.60. The third kappa shape index (κ3) is 4.72. The lowest BCUT2D eigenvalue weighted by Crippen LogP contribution is -2.19. The van der Waals surface area contributed by atoms with E-state index >= 15 is 0 Å². The van der Waals surface area contributed by atoms with E-state index in [2.05, 4.69) is 15.4 Å². The Morgan fingerprint density at radius 2 is 1.83 bits per heavy atom. The lowest BCUT2D eigenvalue weighted by atomic mass is 10.1. The van der Waals surface area contributed by atoms with Gasteiger partial charge in [0.1, 0.15) is 11.5 Å². The molecule has 0 aliphatic rings. The number of halogens is 4. The molecule has 0 fully saturated rings. The molecule has 0 radical (unpaired) electrons. The molecule has 0 atom stereocenters. The van der Waals surface area contributed by atoms with Crippen molar-refractivity contribution in [3.05, 3.63) is 88.1 Å². The number of benzene rings is 2. The van der Waals surface area contributed by atoms with Gasteiger partial charge >= 0.3 is 6.18 Å². The first-order chi connectivity index (χ1) is 17.0. The molecular formula is C24H16F4N6O2. The summed E-state index contributed by atoms with van der Waals surface area (Å²) in [6.45, 7) is 1.28. The van der Waals surface area contributed by atoms with Gasteiger partial charge in [0.15, 0.2) is 5.69 Å². The van der Waals surface area contributed by atoms with E-state index in [1.165, 1.54) is 25.1 Å². The number of hydrogen-bond acceptors (Lipinski definition) is 5. The number of alkyl halides is 3. The average Bonchev–Trinajstić information content (AvgIpc) is 3.14. The summed E-state index contributed by atoms with van der Waals surface area (Å²) in [6.07, 6.45) is -4.91. The molecule has 0 saturated carbocycles. The molecule has 0 saturated heterocycles. The molecule has 4 aromatic rings. The number of nitriles is 1. The largest absolute Gasteiger partial charge is 0.437 e. The number of carbonyl (C=O) groups is 2. The van der Waals surface area contributed by atoms with Crippen LogP contribution < -0.4 is 11.1 Å². The number of nitrogens with zero attached hydrogens (tertiary/aromatic N) is 4. The zero-order valence-electron chi connectivity index (χ0n) is 18.5. The molecule has 3 N–H and O–H groups in total. The minimum Gasteiger partial charge on any atom is -0.364 e. The Hall–Kier alpha value is -4.79. The maximum atomic E-state index is 13.9. The zero-order valence-corrected chi connectivity index (χ0v) is 18.5. The van der Waals surface area contributed by atoms with E-state index in [-0.39, 0.29) is 34.4 Å². The van der Waals surface area contributed by atoms with Gasteiger partial charge in [-0.05, 0) is 48.9 Å². The maximum absolute atomic E-state index is 13.9. The second kappa shape index (κ2) is 9.10. The lowest BCUT2D eigenvalue weighted by Gasteiger charge is -2.12. The van der Waals surface area contributed by atoms with Gasteiger partial charge in [0.05, 0.1) is 40.6 Å². The van der Waals surface area contributed by atoms with Gasteiger partial charge in [0.25, 0.3) is 11.8 Å². The molecule has 0 aliphatic heterocycles. The van der Waals surface area contributed by atoms with Gasteiger partial charge in [0, 0.05) is 5.39 Å². The highest BCUT2D eigenvalue weighted by Crippen LogP contribution is 2.36. The molecule has 8 nitrogen and oxygen atoms in total. The van der Waals surface area contributed by atoms with Gasteiger partial charge in [-0.1, -0.05) is 12.1 Å². The maximum Gasteiger partial charge on any atom is 0.437 e. The van der Waals surface area contributed by atoms with Crippen molar-refractivity contribution in [3.8, 4) is 6.07 Å². The van der Waals surface area contributed by atoms with E-state index in [4.69, 9.17) is 11.0 Å². The number of carbonyl (C=O) groups excluding carboxylic acids is 2. The van der Waals surface area contributed by atoms with Gasteiger partial charge in [-0.15, -0.1) is 0 Å². The number of aromatic nitrogens is 3. The SMILES string of the molecule is Cc1c(NC(=O)c2cc(C(N)=O)nc3ccc(F)cc23)c(C(F)(F)F)nn1Cc1ccc(C#N)cc1. The molecule has 2 amide bonds. The number of nitrogens with two attached hydrogens (primary N) is 1. The summed E-state index contributed by atoms with van der Waals surface area (Å²) in [5, 5.41) is 14.8. The van der Waals surface area contributed by atoms with Crippen molar-refractivity contribution in [2.75, 3.05) is 5.32 Å². The van der Waals surface area contributed by atoms with Crippen LogP contribution in [0.15, 0.2) is 48.5 Å². The molecule has 12 heteroatoms. The smallest absolute Gasteiger partial charge is 0.364 e. The first-order valence-electron chi connectivity index (χ1n) is 10.3. The van der Waals surface area contributed by atoms with E-state index in [0.717, 1.165) is 22.9 Å². The molecule has 2 aromatic carbocycles. The Labute approximate surface area is 201 Å². The second-order valence-electron chi connectivity index (χ2n) is 7.81. The van der Waals surface area contributed by atoms with Crippen LogP contribution in [0.2, 0.25) is 0 Å². The van der Waals surface area contributed by atoms with Gasteiger partial charge < -0.3 is 11.1 Å². The normalized spacial score (nSPS) is 11.3. The molecule has 36 heavy (non-hydrogen) atoms. The summed E-state index contributed by atoms with van der Waals surface area (Å²) >= 11 is 0. The third-order valence-corrected chi connectivity index (χ3v) is 5.40. The summed E-state index contributed by atoms with van der Waals surface area (Å²) < 4.78 is 56.4. The zero-order chi connectivity index (χ0) is 26.2. The highest BCUT2D eigenvalue weighted by atomic mass is 19.4. The van der Waals surface area contributed by atoms with Crippen LogP contribution in [0.25, 0.3) is 10.9 Å². The van der Waals surface area contributed by atoms with Gasteiger partial charge in [0.2, 0.25) is 0 Å². The summed E-state index contributed by atoms with van der Waals surface area (Å²) in [5.41, 5.74) is 3.76. The van der Waals surface area contributed by atoms with Crippen molar-refractivity contribution in [3.63, 3.8) is 0 Å². The van der Waals surface area contributed by atoms with Gasteiger partial charge in [-0.2, -0.15) is 23.5 Å². The first kappa shape index (κ1) is 24.3. The number of amides is 2. The Balaban J connectivity index is 1.77. The predicted octanol–water partition coefficient (Wildman–Crippen LogP) is 4.17. The van der Waals surface area contributed by atoms with Crippen LogP contribution in [-0.2, 0) is 12.7 Å². The number of fused-ring (bicyclic) bond motifs is 1. The Morgan fingerprint density at radius 1 is 1.14 bits per heavy atom. The van der Waals surface area contributed by atoms with E-state index in [1.54, 1.807) is 12.1 Å². The van der Waals surface area contributed by atoms with Crippen LogP contribution in [0.4, 0.5) is 23.2 Å². The summed E-state index contributed by atoms with van der Waals surface area (Å²) in [6, 6.07) is 12.4. The monoisotopic (exact) mass is 496 g/mol. The van der Waals surface area contributed by atoms with Crippen LogP contribution in [0.5, 0.6) is 0 Å². The van der Waals surface area contributed by atoms with Crippen LogP contribution in [0.3, 0.4) is 0 Å². The second-order valence-corrected chi connectivity index (χ2v) is 7.81. The van der Waals surface area contributed by atoms with Crippen LogP contribution in [0.1, 0.15) is 43.4 Å². The highest BCUT2D eigenvalue weighted by molar-refractivity contribution is 6.14. The molecule has 0 unspecified atom stereocenters. The van der Waals surface area contributed by atoms with Crippen molar-refractivity contribution in [2.24, 2.45) is 5.73 Å². The number of rotatable bonds is 5. The van der Waals surface area contributed by atoms with Gasteiger partial charge in [-0.25, -0.2) is 9.37 Å². The summed E-state index contributed by atoms with van der Waals surface area (Å²) in [7, 11) is 0. The van der Waals surface area contributed by atoms with Crippen molar-refractivity contribution < 1.29 is 27.2 Å².